The molecule has 1 aliphatic rings. The number of carbonyl (C=O) groups excluding carboxylic acids is 1. The first kappa shape index (κ1) is 14.9. The molecule has 1 aromatic carbocycles. The number of rotatable bonds is 6. The van der Waals surface area contributed by atoms with Crippen LogP contribution in [0.3, 0.4) is 0 Å². The lowest BCUT2D eigenvalue weighted by Gasteiger charge is -2.21. The van der Waals surface area contributed by atoms with Crippen molar-refractivity contribution in [1.29, 1.82) is 0 Å². The van der Waals surface area contributed by atoms with Crippen molar-refractivity contribution in [3.8, 4) is 0 Å². The van der Waals surface area contributed by atoms with Gasteiger partial charge in [-0.05, 0) is 37.8 Å². The molecular formula is C17H23N3O2. The van der Waals surface area contributed by atoms with Crippen molar-refractivity contribution in [2.45, 2.75) is 32.2 Å². The highest BCUT2D eigenvalue weighted by atomic mass is 16.3. The fourth-order valence-electron chi connectivity index (χ4n) is 3.00. The maximum Gasteiger partial charge on any atom is 0.317 e. The normalized spacial score (nSPS) is 14.3. The van der Waals surface area contributed by atoms with Gasteiger partial charge in [-0.2, -0.15) is 0 Å². The van der Waals surface area contributed by atoms with Crippen LogP contribution in [-0.4, -0.2) is 46.8 Å². The number of urea groups is 1. The number of fused-ring (bicyclic) bond motifs is 1. The average Bonchev–Trinajstić information content (AvgIpc) is 3.29. The highest BCUT2D eigenvalue weighted by Crippen LogP contribution is 2.26. The minimum atomic E-state index is -0.0611. The molecule has 0 radical (unpaired) electrons. The molecule has 0 atom stereocenters. The Morgan fingerprint density at radius 3 is 2.91 bits per heavy atom. The van der Waals surface area contributed by atoms with E-state index in [1.807, 2.05) is 12.1 Å². The number of benzene rings is 1. The summed E-state index contributed by atoms with van der Waals surface area (Å²) in [5.41, 5.74) is 3.56. The van der Waals surface area contributed by atoms with Crippen molar-refractivity contribution < 1.29 is 9.90 Å². The zero-order chi connectivity index (χ0) is 15.5. The first-order valence-electron chi connectivity index (χ1n) is 7.92. The molecule has 1 aliphatic carbocycles. The van der Waals surface area contributed by atoms with E-state index in [0.717, 1.165) is 30.5 Å². The van der Waals surface area contributed by atoms with Gasteiger partial charge >= 0.3 is 6.03 Å². The second-order valence-corrected chi connectivity index (χ2v) is 5.90. The maximum atomic E-state index is 12.2. The molecule has 118 valence electrons. The standard InChI is InChI=1S/C17H23N3O2/c1-12-14(15-4-2-3-5-16(15)19-12)8-9-18-17(22)20(10-11-21)13-6-7-13/h2-5,13,19,21H,6-11H2,1H3,(H,18,22). The molecule has 5 heteroatoms. The molecule has 3 rings (SSSR count). The van der Waals surface area contributed by atoms with E-state index in [-0.39, 0.29) is 12.6 Å². The van der Waals surface area contributed by atoms with Crippen LogP contribution in [0.2, 0.25) is 0 Å². The minimum Gasteiger partial charge on any atom is -0.395 e. The van der Waals surface area contributed by atoms with E-state index in [2.05, 4.69) is 29.4 Å². The third-order valence-electron chi connectivity index (χ3n) is 4.27. The Morgan fingerprint density at radius 2 is 2.18 bits per heavy atom. The molecule has 1 saturated carbocycles. The third-order valence-corrected chi connectivity index (χ3v) is 4.27. The first-order valence-corrected chi connectivity index (χ1v) is 7.92. The highest BCUT2D eigenvalue weighted by Gasteiger charge is 2.31. The van der Waals surface area contributed by atoms with E-state index in [1.54, 1.807) is 4.90 Å². The van der Waals surface area contributed by atoms with E-state index in [1.165, 1.54) is 10.9 Å². The lowest BCUT2D eigenvalue weighted by atomic mass is 10.1. The van der Waals surface area contributed by atoms with Gasteiger partial charge in [0.15, 0.2) is 0 Å². The van der Waals surface area contributed by atoms with Crippen molar-refractivity contribution in [1.82, 2.24) is 15.2 Å². The molecule has 22 heavy (non-hydrogen) atoms. The molecule has 1 heterocycles. The Bertz CT molecular complexity index is 661. The van der Waals surface area contributed by atoms with Gasteiger partial charge in [0, 0.05) is 35.7 Å². The molecular weight excluding hydrogens is 278 g/mol. The number of aryl methyl sites for hydroxylation is 1. The van der Waals surface area contributed by atoms with Crippen LogP contribution < -0.4 is 5.32 Å². The van der Waals surface area contributed by atoms with Gasteiger partial charge < -0.3 is 20.3 Å². The van der Waals surface area contributed by atoms with E-state index in [4.69, 9.17) is 5.11 Å². The molecule has 5 nitrogen and oxygen atoms in total. The van der Waals surface area contributed by atoms with Gasteiger partial charge in [-0.1, -0.05) is 18.2 Å². The second kappa shape index (κ2) is 6.40. The Morgan fingerprint density at radius 1 is 1.41 bits per heavy atom. The van der Waals surface area contributed by atoms with E-state index in [9.17, 15) is 4.79 Å². The number of aliphatic hydroxyl groups excluding tert-OH is 1. The van der Waals surface area contributed by atoms with Crippen LogP contribution in [0.4, 0.5) is 4.79 Å². The Balaban J connectivity index is 1.60. The van der Waals surface area contributed by atoms with Crippen LogP contribution in [0.1, 0.15) is 24.1 Å². The highest BCUT2D eigenvalue weighted by molar-refractivity contribution is 5.84. The van der Waals surface area contributed by atoms with Gasteiger partial charge in [0.1, 0.15) is 0 Å². The number of carbonyl (C=O) groups is 1. The quantitative estimate of drug-likeness (QED) is 0.765. The van der Waals surface area contributed by atoms with Gasteiger partial charge in [-0.15, -0.1) is 0 Å². The van der Waals surface area contributed by atoms with Gasteiger partial charge in [0.05, 0.1) is 6.61 Å². The number of hydrogen-bond acceptors (Lipinski definition) is 2. The molecule has 2 amide bonds. The largest absolute Gasteiger partial charge is 0.395 e. The van der Waals surface area contributed by atoms with Crippen LogP contribution in [0.5, 0.6) is 0 Å². The van der Waals surface area contributed by atoms with Crippen LogP contribution in [0.25, 0.3) is 10.9 Å². The SMILES string of the molecule is Cc1[nH]c2ccccc2c1CCNC(=O)N(CCO)C1CC1. The summed E-state index contributed by atoms with van der Waals surface area (Å²) in [4.78, 5) is 17.3. The lowest BCUT2D eigenvalue weighted by Crippen LogP contribution is -2.43. The monoisotopic (exact) mass is 301 g/mol. The van der Waals surface area contributed by atoms with Crippen LogP contribution in [-0.2, 0) is 6.42 Å². The van der Waals surface area contributed by atoms with Crippen molar-refractivity contribution >= 4 is 16.9 Å². The summed E-state index contributed by atoms with van der Waals surface area (Å²) >= 11 is 0. The number of H-pyrrole nitrogens is 1. The Kier molecular flexibility index (Phi) is 4.34. The minimum absolute atomic E-state index is 0.0193. The predicted molar refractivity (Wildman–Crippen MR) is 87.0 cm³/mol. The lowest BCUT2D eigenvalue weighted by molar-refractivity contribution is 0.174. The van der Waals surface area contributed by atoms with Crippen LogP contribution in [0.15, 0.2) is 24.3 Å². The van der Waals surface area contributed by atoms with Crippen LogP contribution in [0, 0.1) is 6.92 Å². The molecule has 0 aliphatic heterocycles. The van der Waals surface area contributed by atoms with E-state index >= 15 is 0 Å². The van der Waals surface area contributed by atoms with Gasteiger partial charge in [-0.25, -0.2) is 4.79 Å². The van der Waals surface area contributed by atoms with E-state index < -0.39 is 0 Å². The average molecular weight is 301 g/mol. The maximum absolute atomic E-state index is 12.2. The molecule has 2 aromatic rings. The number of para-hydroxylation sites is 1. The summed E-state index contributed by atoms with van der Waals surface area (Å²) in [6.45, 7) is 3.11. The number of aromatic nitrogens is 1. The number of amides is 2. The molecule has 0 spiro atoms. The van der Waals surface area contributed by atoms with Crippen molar-refractivity contribution in [2.24, 2.45) is 0 Å². The summed E-state index contributed by atoms with van der Waals surface area (Å²) in [6.07, 6.45) is 2.91. The van der Waals surface area contributed by atoms with E-state index in [0.29, 0.717) is 19.1 Å². The summed E-state index contributed by atoms with van der Waals surface area (Å²) in [5, 5.41) is 13.3. The Hall–Kier alpha value is -2.01. The zero-order valence-corrected chi connectivity index (χ0v) is 12.9. The Labute approximate surface area is 130 Å². The smallest absolute Gasteiger partial charge is 0.317 e. The first-order chi connectivity index (χ1) is 10.7. The molecule has 0 bridgehead atoms. The molecule has 0 unspecified atom stereocenters. The summed E-state index contributed by atoms with van der Waals surface area (Å²) in [5.74, 6) is 0. The topological polar surface area (TPSA) is 68.4 Å². The molecule has 1 fully saturated rings. The van der Waals surface area contributed by atoms with Crippen molar-refractivity contribution in [3.05, 3.63) is 35.5 Å². The third kappa shape index (κ3) is 3.09. The molecule has 0 saturated heterocycles. The number of aromatic amines is 1. The fourth-order valence-corrected chi connectivity index (χ4v) is 3.00. The number of hydrogen-bond donors (Lipinski definition) is 3. The molecule has 3 N–H and O–H groups in total. The number of nitrogens with zero attached hydrogens (tertiary/aromatic N) is 1. The fraction of sp³-hybridized carbons (Fsp3) is 0.471. The summed E-state index contributed by atoms with van der Waals surface area (Å²) in [6, 6.07) is 8.50. The summed E-state index contributed by atoms with van der Waals surface area (Å²) in [7, 11) is 0. The summed E-state index contributed by atoms with van der Waals surface area (Å²) < 4.78 is 0. The number of nitrogens with one attached hydrogen (secondary N) is 2. The second-order valence-electron chi connectivity index (χ2n) is 5.90. The van der Waals surface area contributed by atoms with Crippen molar-refractivity contribution in [2.75, 3.05) is 19.7 Å². The van der Waals surface area contributed by atoms with Gasteiger partial charge in [0.2, 0.25) is 0 Å². The van der Waals surface area contributed by atoms with Crippen LogP contribution >= 0.6 is 0 Å². The predicted octanol–water partition coefficient (Wildman–Crippen LogP) is 2.19. The molecule has 1 aromatic heterocycles. The van der Waals surface area contributed by atoms with Gasteiger partial charge in [-0.3, -0.25) is 0 Å². The zero-order valence-electron chi connectivity index (χ0n) is 12.9. The van der Waals surface area contributed by atoms with Gasteiger partial charge in [0.25, 0.3) is 0 Å². The van der Waals surface area contributed by atoms with Crippen molar-refractivity contribution in [3.63, 3.8) is 0 Å². The number of aliphatic hydroxyl groups is 1.